The summed E-state index contributed by atoms with van der Waals surface area (Å²) < 4.78 is 56.8. The van der Waals surface area contributed by atoms with Crippen LogP contribution in [0.3, 0.4) is 0 Å². The van der Waals surface area contributed by atoms with Crippen LogP contribution in [0, 0.1) is 0 Å². The van der Waals surface area contributed by atoms with Crippen LogP contribution < -0.4 is 14.4 Å². The largest absolute Gasteiger partial charge is 0.495 e. The molecule has 9 nitrogen and oxygen atoms in total. The summed E-state index contributed by atoms with van der Waals surface area (Å²) in [5, 5.41) is 2.70. The third kappa shape index (κ3) is 4.39. The maximum Gasteiger partial charge on any atom is 0.255 e. The molecule has 1 unspecified atom stereocenters. The fourth-order valence-corrected chi connectivity index (χ4v) is 5.94. The first-order chi connectivity index (χ1) is 14.4. The molecular formula is C20H25N3O6S2. The van der Waals surface area contributed by atoms with Gasteiger partial charge >= 0.3 is 0 Å². The Kier molecular flexibility index (Phi) is 6.05. The minimum atomic E-state index is -3.78. The minimum Gasteiger partial charge on any atom is -0.495 e. The number of nitrogens with one attached hydrogen (secondary N) is 1. The molecule has 0 spiro atoms. The van der Waals surface area contributed by atoms with E-state index in [1.54, 1.807) is 24.3 Å². The number of methoxy groups -OCH3 is 1. The third-order valence-electron chi connectivity index (χ3n) is 5.03. The van der Waals surface area contributed by atoms with Crippen molar-refractivity contribution < 1.29 is 26.4 Å². The van der Waals surface area contributed by atoms with Gasteiger partial charge in [-0.2, -0.15) is 0 Å². The topological polar surface area (TPSA) is 113 Å². The number of anilines is 2. The van der Waals surface area contributed by atoms with Crippen LogP contribution in [0.5, 0.6) is 5.75 Å². The first-order valence-electron chi connectivity index (χ1n) is 9.40. The molecule has 168 valence electrons. The number of sulfonamides is 2. The number of amides is 1. The van der Waals surface area contributed by atoms with E-state index in [9.17, 15) is 21.6 Å². The molecule has 1 amide bonds. The second-order valence-electron chi connectivity index (χ2n) is 7.56. The highest BCUT2D eigenvalue weighted by Gasteiger charge is 2.33. The predicted molar refractivity (Wildman–Crippen MR) is 119 cm³/mol. The molecule has 0 aromatic heterocycles. The quantitative estimate of drug-likeness (QED) is 0.694. The molecule has 3 rings (SSSR count). The molecule has 0 fully saturated rings. The molecule has 0 saturated carbocycles. The molecule has 1 aliphatic rings. The third-order valence-corrected chi connectivity index (χ3v) is 8.14. The van der Waals surface area contributed by atoms with Crippen molar-refractivity contribution in [1.82, 2.24) is 4.31 Å². The van der Waals surface area contributed by atoms with Crippen LogP contribution in [0.2, 0.25) is 0 Å². The highest BCUT2D eigenvalue weighted by atomic mass is 32.2. The van der Waals surface area contributed by atoms with Crippen LogP contribution >= 0.6 is 0 Å². The molecule has 0 aliphatic carbocycles. The number of hydrogen-bond donors (Lipinski definition) is 1. The van der Waals surface area contributed by atoms with Crippen molar-refractivity contribution in [2.45, 2.75) is 24.3 Å². The summed E-state index contributed by atoms with van der Waals surface area (Å²) in [6.45, 7) is 1.81. The summed E-state index contributed by atoms with van der Waals surface area (Å²) >= 11 is 0. The van der Waals surface area contributed by atoms with Crippen molar-refractivity contribution in [1.29, 1.82) is 0 Å². The number of hydrogen-bond acceptors (Lipinski definition) is 6. The Hall–Kier alpha value is -2.63. The van der Waals surface area contributed by atoms with Gasteiger partial charge in [0.2, 0.25) is 20.0 Å². The average Bonchev–Trinajstić information content (AvgIpc) is 3.02. The number of carbonyl (C=O) groups is 1. The molecule has 0 radical (unpaired) electrons. The lowest BCUT2D eigenvalue weighted by molar-refractivity contribution is 0.102. The number of fused-ring (bicyclic) bond motifs is 1. The molecule has 31 heavy (non-hydrogen) atoms. The van der Waals surface area contributed by atoms with Crippen molar-refractivity contribution in [2.24, 2.45) is 0 Å². The van der Waals surface area contributed by atoms with E-state index in [4.69, 9.17) is 4.74 Å². The first kappa shape index (κ1) is 23.0. The highest BCUT2D eigenvalue weighted by Crippen LogP contribution is 2.35. The summed E-state index contributed by atoms with van der Waals surface area (Å²) in [7, 11) is -3.02. The van der Waals surface area contributed by atoms with Crippen LogP contribution in [0.25, 0.3) is 0 Å². The Balaban J connectivity index is 1.91. The zero-order chi connectivity index (χ0) is 23.1. The van der Waals surface area contributed by atoms with E-state index >= 15 is 0 Å². The number of carbonyl (C=O) groups excluding carboxylic acids is 1. The Morgan fingerprint density at radius 2 is 1.81 bits per heavy atom. The monoisotopic (exact) mass is 467 g/mol. The van der Waals surface area contributed by atoms with Gasteiger partial charge in [0.25, 0.3) is 5.91 Å². The second kappa shape index (κ2) is 8.13. The zero-order valence-electron chi connectivity index (χ0n) is 17.9. The molecular weight excluding hydrogens is 442 g/mol. The van der Waals surface area contributed by atoms with Gasteiger partial charge in [0.15, 0.2) is 0 Å². The summed E-state index contributed by atoms with van der Waals surface area (Å²) in [5.74, 6) is -0.272. The zero-order valence-corrected chi connectivity index (χ0v) is 19.5. The molecule has 1 N–H and O–H groups in total. The molecule has 2 aromatic carbocycles. The predicted octanol–water partition coefficient (Wildman–Crippen LogP) is 1.91. The van der Waals surface area contributed by atoms with Gasteiger partial charge in [-0.1, -0.05) is 0 Å². The summed E-state index contributed by atoms with van der Waals surface area (Å²) in [6.07, 6.45) is 1.65. The van der Waals surface area contributed by atoms with Gasteiger partial charge in [-0.15, -0.1) is 0 Å². The molecule has 1 heterocycles. The fourth-order valence-electron chi connectivity index (χ4n) is 3.61. The first-order valence-corrected chi connectivity index (χ1v) is 12.7. The van der Waals surface area contributed by atoms with Gasteiger partial charge in [-0.3, -0.25) is 9.10 Å². The average molecular weight is 468 g/mol. The van der Waals surface area contributed by atoms with Gasteiger partial charge in [-0.25, -0.2) is 21.1 Å². The van der Waals surface area contributed by atoms with E-state index in [-0.39, 0.29) is 22.4 Å². The normalized spacial score (nSPS) is 16.3. The summed E-state index contributed by atoms with van der Waals surface area (Å²) in [4.78, 5) is 12.7. The lowest BCUT2D eigenvalue weighted by atomic mass is 10.1. The standard InChI is InChI=1S/C20H25N3O6S2/c1-13-10-15-11-14(6-8-17(15)23(13)30(5,25)26)20(24)21-16-7-9-18(29-4)19(12-16)31(27,28)22(2)3/h6-9,11-13H,10H2,1-5H3,(H,21,24). The molecule has 2 aromatic rings. The minimum absolute atomic E-state index is 0.0654. The van der Waals surface area contributed by atoms with Gasteiger partial charge in [0.1, 0.15) is 10.6 Å². The van der Waals surface area contributed by atoms with Crippen LogP contribution in [0.4, 0.5) is 11.4 Å². The second-order valence-corrected chi connectivity index (χ2v) is 11.5. The molecule has 0 saturated heterocycles. The number of ether oxygens (including phenoxy) is 1. The van der Waals surface area contributed by atoms with E-state index in [2.05, 4.69) is 5.32 Å². The van der Waals surface area contributed by atoms with Gasteiger partial charge < -0.3 is 10.1 Å². The van der Waals surface area contributed by atoms with E-state index < -0.39 is 26.0 Å². The van der Waals surface area contributed by atoms with Crippen LogP contribution in [-0.4, -0.2) is 60.6 Å². The van der Waals surface area contributed by atoms with Crippen molar-refractivity contribution >= 4 is 37.3 Å². The summed E-state index contributed by atoms with van der Waals surface area (Å²) in [6, 6.07) is 8.95. The number of nitrogens with zero attached hydrogens (tertiary/aromatic N) is 2. The SMILES string of the molecule is COc1ccc(NC(=O)c2ccc3c(c2)CC(C)N3S(C)(=O)=O)cc1S(=O)(=O)N(C)C. The van der Waals surface area contributed by atoms with Crippen LogP contribution in [0.15, 0.2) is 41.3 Å². The number of rotatable bonds is 6. The number of benzene rings is 2. The van der Waals surface area contributed by atoms with Crippen LogP contribution in [-0.2, 0) is 26.5 Å². The van der Waals surface area contributed by atoms with Gasteiger partial charge in [-0.05, 0) is 55.3 Å². The lowest BCUT2D eigenvalue weighted by Crippen LogP contribution is -2.34. The Morgan fingerprint density at radius 3 is 2.39 bits per heavy atom. The Labute approximate surface area is 182 Å². The maximum atomic E-state index is 12.8. The van der Waals surface area contributed by atoms with Crippen molar-refractivity contribution in [3.8, 4) is 5.75 Å². The van der Waals surface area contributed by atoms with Gasteiger partial charge in [0, 0.05) is 31.4 Å². The Bertz CT molecular complexity index is 1240. The van der Waals surface area contributed by atoms with Gasteiger partial charge in [0.05, 0.1) is 19.1 Å². The lowest BCUT2D eigenvalue weighted by Gasteiger charge is -2.21. The highest BCUT2D eigenvalue weighted by molar-refractivity contribution is 7.92. The fraction of sp³-hybridized carbons (Fsp3) is 0.350. The summed E-state index contributed by atoms with van der Waals surface area (Å²) in [5.41, 5.74) is 1.96. The van der Waals surface area contributed by atoms with E-state index in [0.29, 0.717) is 17.7 Å². The molecule has 1 atom stereocenters. The van der Waals surface area contributed by atoms with Crippen LogP contribution in [0.1, 0.15) is 22.8 Å². The molecule has 11 heteroatoms. The van der Waals surface area contributed by atoms with Crippen molar-refractivity contribution in [2.75, 3.05) is 37.1 Å². The van der Waals surface area contributed by atoms with Crippen molar-refractivity contribution in [3.05, 3.63) is 47.5 Å². The van der Waals surface area contributed by atoms with Crippen molar-refractivity contribution in [3.63, 3.8) is 0 Å². The molecule has 1 aliphatic heterocycles. The maximum absolute atomic E-state index is 12.8. The smallest absolute Gasteiger partial charge is 0.255 e. The van der Waals surface area contributed by atoms with E-state index in [1.165, 1.54) is 37.6 Å². The molecule has 0 bridgehead atoms. The van der Waals surface area contributed by atoms with E-state index in [1.807, 2.05) is 6.92 Å². The Morgan fingerprint density at radius 1 is 1.13 bits per heavy atom. The van der Waals surface area contributed by atoms with E-state index in [0.717, 1.165) is 16.1 Å².